The predicted octanol–water partition coefficient (Wildman–Crippen LogP) is 5.69. The van der Waals surface area contributed by atoms with E-state index in [1.165, 1.54) is 77.2 Å². The fourth-order valence-electron chi connectivity index (χ4n) is 5.94. The van der Waals surface area contributed by atoms with Gasteiger partial charge < -0.3 is 5.32 Å². The summed E-state index contributed by atoms with van der Waals surface area (Å²) < 4.78 is 0. The first-order valence-electron chi connectivity index (χ1n) is 10.0. The molecule has 1 N–H and O–H groups in total. The minimum absolute atomic E-state index is 0.593. The van der Waals surface area contributed by atoms with Gasteiger partial charge >= 0.3 is 0 Å². The van der Waals surface area contributed by atoms with Crippen molar-refractivity contribution in [1.82, 2.24) is 5.32 Å². The van der Waals surface area contributed by atoms with Gasteiger partial charge in [0.05, 0.1) is 0 Å². The lowest BCUT2D eigenvalue weighted by Gasteiger charge is -2.57. The Morgan fingerprint density at radius 1 is 0.714 bits per heavy atom. The molecule has 0 unspecified atom stereocenters. The number of hydrogen-bond donors (Lipinski definition) is 1. The summed E-state index contributed by atoms with van der Waals surface area (Å²) in [5.74, 6) is 3.26. The summed E-state index contributed by atoms with van der Waals surface area (Å²) in [7, 11) is 0. The van der Waals surface area contributed by atoms with Crippen LogP contribution in [-0.4, -0.2) is 12.1 Å². The molecule has 4 fully saturated rings. The van der Waals surface area contributed by atoms with Crippen LogP contribution in [0.4, 0.5) is 0 Å². The molecule has 4 saturated carbocycles. The van der Waals surface area contributed by atoms with Gasteiger partial charge in [0.25, 0.3) is 0 Å². The lowest BCUT2D eigenvalue weighted by atomic mass is 9.53. The van der Waals surface area contributed by atoms with Gasteiger partial charge in [0.2, 0.25) is 0 Å². The van der Waals surface area contributed by atoms with Crippen LogP contribution in [-0.2, 0) is 0 Å². The van der Waals surface area contributed by atoms with Crippen LogP contribution >= 0.6 is 0 Å². The summed E-state index contributed by atoms with van der Waals surface area (Å²) in [5.41, 5.74) is 0.593. The lowest BCUT2D eigenvalue weighted by molar-refractivity contribution is -0.0196. The molecule has 122 valence electrons. The van der Waals surface area contributed by atoms with E-state index in [0.29, 0.717) is 5.54 Å². The van der Waals surface area contributed by atoms with Crippen molar-refractivity contribution in [2.75, 3.05) is 6.54 Å². The molecule has 0 heterocycles. The van der Waals surface area contributed by atoms with E-state index in [2.05, 4.69) is 12.2 Å². The van der Waals surface area contributed by atoms with E-state index in [1.807, 2.05) is 0 Å². The smallest absolute Gasteiger partial charge is 0.0189 e. The summed E-state index contributed by atoms with van der Waals surface area (Å²) in [5, 5.41) is 4.04. The molecule has 4 aliphatic carbocycles. The molecule has 21 heavy (non-hydrogen) atoms. The van der Waals surface area contributed by atoms with E-state index in [4.69, 9.17) is 0 Å². The van der Waals surface area contributed by atoms with Crippen molar-refractivity contribution in [3.63, 3.8) is 0 Å². The molecule has 0 atom stereocenters. The van der Waals surface area contributed by atoms with Gasteiger partial charge in [0.1, 0.15) is 0 Å². The van der Waals surface area contributed by atoms with Crippen LogP contribution in [0.15, 0.2) is 0 Å². The third-order valence-electron chi connectivity index (χ3n) is 6.57. The topological polar surface area (TPSA) is 12.0 Å². The molecule has 0 saturated heterocycles. The second-order valence-electron chi connectivity index (χ2n) is 8.60. The molecule has 1 nitrogen and oxygen atoms in total. The molecule has 4 bridgehead atoms. The van der Waals surface area contributed by atoms with Crippen LogP contribution < -0.4 is 5.32 Å². The molecule has 0 amide bonds. The van der Waals surface area contributed by atoms with Gasteiger partial charge in [-0.3, -0.25) is 0 Å². The number of hydrogen-bond acceptors (Lipinski definition) is 1. The summed E-state index contributed by atoms with van der Waals surface area (Å²) in [6.45, 7) is 3.59. The second kappa shape index (κ2) is 7.49. The monoisotopic (exact) mass is 291 g/mol. The first-order chi connectivity index (χ1) is 10.3. The Morgan fingerprint density at radius 3 is 1.71 bits per heavy atom. The van der Waals surface area contributed by atoms with Crippen LogP contribution in [0.25, 0.3) is 0 Å². The Balaban J connectivity index is 1.26. The van der Waals surface area contributed by atoms with E-state index in [0.717, 1.165) is 17.8 Å². The van der Waals surface area contributed by atoms with Crippen molar-refractivity contribution in [2.45, 2.75) is 102 Å². The molecule has 1 heteroatoms. The zero-order valence-electron chi connectivity index (χ0n) is 14.3. The molecular formula is C20H37N. The van der Waals surface area contributed by atoms with Crippen LogP contribution in [0.1, 0.15) is 96.8 Å². The van der Waals surface area contributed by atoms with Gasteiger partial charge in [-0.1, -0.05) is 51.9 Å². The highest BCUT2D eigenvalue weighted by Crippen LogP contribution is 2.55. The average molecular weight is 292 g/mol. The highest BCUT2D eigenvalue weighted by atomic mass is 15.0. The summed E-state index contributed by atoms with van der Waals surface area (Å²) in [6.07, 6.45) is 20.8. The minimum Gasteiger partial charge on any atom is -0.311 e. The number of unbranched alkanes of at least 4 members (excludes halogenated alkanes) is 7. The Morgan fingerprint density at radius 2 is 1.19 bits per heavy atom. The van der Waals surface area contributed by atoms with E-state index < -0.39 is 0 Å². The molecular weight excluding hydrogens is 254 g/mol. The third kappa shape index (κ3) is 4.24. The van der Waals surface area contributed by atoms with Crippen LogP contribution in [0, 0.1) is 17.8 Å². The zero-order valence-corrected chi connectivity index (χ0v) is 14.3. The van der Waals surface area contributed by atoms with Crippen molar-refractivity contribution >= 4 is 0 Å². The second-order valence-corrected chi connectivity index (χ2v) is 8.60. The number of rotatable bonds is 10. The fraction of sp³-hybridized carbons (Fsp3) is 1.00. The van der Waals surface area contributed by atoms with E-state index >= 15 is 0 Å². The van der Waals surface area contributed by atoms with E-state index in [9.17, 15) is 0 Å². The molecule has 4 aliphatic rings. The molecule has 0 radical (unpaired) electrons. The molecule has 0 aromatic carbocycles. The third-order valence-corrected chi connectivity index (χ3v) is 6.57. The maximum absolute atomic E-state index is 4.04. The molecule has 0 aromatic heterocycles. The Labute approximate surface area is 132 Å². The van der Waals surface area contributed by atoms with Gasteiger partial charge in [0.15, 0.2) is 0 Å². The summed E-state index contributed by atoms with van der Waals surface area (Å²) in [4.78, 5) is 0. The Bertz CT molecular complexity index is 274. The van der Waals surface area contributed by atoms with E-state index in [-0.39, 0.29) is 0 Å². The van der Waals surface area contributed by atoms with Crippen molar-refractivity contribution < 1.29 is 0 Å². The lowest BCUT2D eigenvalue weighted by Crippen LogP contribution is -2.58. The molecule has 0 spiro atoms. The van der Waals surface area contributed by atoms with Gasteiger partial charge in [-0.2, -0.15) is 0 Å². The largest absolute Gasteiger partial charge is 0.311 e. The van der Waals surface area contributed by atoms with Crippen molar-refractivity contribution in [3.05, 3.63) is 0 Å². The molecule has 0 aliphatic heterocycles. The minimum atomic E-state index is 0.593. The van der Waals surface area contributed by atoms with Gasteiger partial charge in [-0.25, -0.2) is 0 Å². The van der Waals surface area contributed by atoms with Crippen molar-refractivity contribution in [3.8, 4) is 0 Å². The first kappa shape index (κ1) is 15.8. The maximum Gasteiger partial charge on any atom is 0.0189 e. The summed E-state index contributed by atoms with van der Waals surface area (Å²) in [6, 6.07) is 0. The number of nitrogens with one attached hydrogen (secondary N) is 1. The van der Waals surface area contributed by atoms with Crippen LogP contribution in [0.3, 0.4) is 0 Å². The average Bonchev–Trinajstić information content (AvgIpc) is 2.44. The maximum atomic E-state index is 4.04. The van der Waals surface area contributed by atoms with Crippen LogP contribution in [0.5, 0.6) is 0 Å². The SMILES string of the molecule is CCCCCCCCCCNC12CC3CC(CC(C3)C1)C2. The predicted molar refractivity (Wildman–Crippen MR) is 91.5 cm³/mol. The quantitative estimate of drug-likeness (QED) is 0.510. The van der Waals surface area contributed by atoms with Crippen molar-refractivity contribution in [2.24, 2.45) is 17.8 Å². The fourth-order valence-corrected chi connectivity index (χ4v) is 5.94. The van der Waals surface area contributed by atoms with Gasteiger partial charge in [0, 0.05) is 5.54 Å². The summed E-state index contributed by atoms with van der Waals surface area (Å²) >= 11 is 0. The standard InChI is InChI=1S/C20H37N/c1-2-3-4-5-6-7-8-9-10-21-20-14-17-11-18(15-20)13-19(12-17)16-20/h17-19,21H,2-16H2,1H3. The van der Waals surface area contributed by atoms with Crippen LogP contribution in [0.2, 0.25) is 0 Å². The first-order valence-corrected chi connectivity index (χ1v) is 10.0. The highest BCUT2D eigenvalue weighted by Gasteiger charge is 2.50. The molecule has 0 aromatic rings. The molecule has 4 rings (SSSR count). The van der Waals surface area contributed by atoms with E-state index in [1.54, 1.807) is 19.3 Å². The Kier molecular flexibility index (Phi) is 5.65. The zero-order chi connectivity index (χ0) is 14.5. The van der Waals surface area contributed by atoms with Gasteiger partial charge in [-0.05, 0) is 69.2 Å². The van der Waals surface area contributed by atoms with Gasteiger partial charge in [-0.15, -0.1) is 0 Å². The normalized spacial score (nSPS) is 37.3. The van der Waals surface area contributed by atoms with Crippen molar-refractivity contribution in [1.29, 1.82) is 0 Å². The highest BCUT2D eigenvalue weighted by molar-refractivity contribution is 5.06. The Hall–Kier alpha value is -0.0400.